The van der Waals surface area contributed by atoms with Crippen LogP contribution >= 0.6 is 0 Å². The van der Waals surface area contributed by atoms with Gasteiger partial charge in [0.05, 0.1) is 0 Å². The Labute approximate surface area is 123 Å². The van der Waals surface area contributed by atoms with Crippen molar-refractivity contribution in [3.63, 3.8) is 0 Å². The molecule has 2 rings (SSSR count). The van der Waals surface area contributed by atoms with Crippen molar-refractivity contribution in [3.05, 3.63) is 59.4 Å². The van der Waals surface area contributed by atoms with Crippen LogP contribution in [0.25, 0.3) is 0 Å². The van der Waals surface area contributed by atoms with Gasteiger partial charge in [0.2, 0.25) is 0 Å². The molecule has 0 saturated heterocycles. The van der Waals surface area contributed by atoms with E-state index in [2.05, 4.69) is 5.32 Å². The SMILES string of the molecule is Cc1ccc(C)c(NC(=O)C(C)Oc2ccccc2F)c1. The quantitative estimate of drug-likeness (QED) is 0.927. The molecule has 0 aromatic heterocycles. The van der Waals surface area contributed by atoms with Gasteiger partial charge in [-0.05, 0) is 50.1 Å². The van der Waals surface area contributed by atoms with Gasteiger partial charge in [-0.15, -0.1) is 0 Å². The molecule has 4 heteroatoms. The molecule has 110 valence electrons. The first-order valence-electron chi connectivity index (χ1n) is 6.76. The normalized spacial score (nSPS) is 11.8. The van der Waals surface area contributed by atoms with Crippen LogP contribution in [0.1, 0.15) is 18.1 Å². The monoisotopic (exact) mass is 287 g/mol. The predicted octanol–water partition coefficient (Wildman–Crippen LogP) is 3.85. The Morgan fingerprint density at radius 2 is 1.90 bits per heavy atom. The Morgan fingerprint density at radius 1 is 1.19 bits per heavy atom. The number of rotatable bonds is 4. The third kappa shape index (κ3) is 3.81. The van der Waals surface area contributed by atoms with E-state index in [1.165, 1.54) is 12.1 Å². The number of aryl methyl sites for hydroxylation is 2. The summed E-state index contributed by atoms with van der Waals surface area (Å²) in [6.45, 7) is 5.46. The van der Waals surface area contributed by atoms with Crippen LogP contribution in [-0.2, 0) is 4.79 Å². The maximum atomic E-state index is 13.5. The summed E-state index contributed by atoms with van der Waals surface area (Å²) >= 11 is 0. The van der Waals surface area contributed by atoms with E-state index in [0.717, 1.165) is 16.8 Å². The van der Waals surface area contributed by atoms with Crippen molar-refractivity contribution in [2.45, 2.75) is 26.9 Å². The molecular formula is C17H18FNO2. The Hall–Kier alpha value is -2.36. The van der Waals surface area contributed by atoms with E-state index in [1.807, 2.05) is 32.0 Å². The summed E-state index contributed by atoms with van der Waals surface area (Å²) in [5, 5.41) is 2.80. The first kappa shape index (κ1) is 15.0. The molecule has 1 amide bonds. The van der Waals surface area contributed by atoms with Gasteiger partial charge in [-0.1, -0.05) is 24.3 Å². The average Bonchev–Trinajstić information content (AvgIpc) is 2.45. The number of carbonyl (C=O) groups excluding carboxylic acids is 1. The van der Waals surface area contributed by atoms with Gasteiger partial charge >= 0.3 is 0 Å². The van der Waals surface area contributed by atoms with Crippen molar-refractivity contribution in [2.24, 2.45) is 0 Å². The summed E-state index contributed by atoms with van der Waals surface area (Å²) in [4.78, 5) is 12.1. The molecule has 0 spiro atoms. The highest BCUT2D eigenvalue weighted by molar-refractivity contribution is 5.94. The van der Waals surface area contributed by atoms with Crippen molar-refractivity contribution in [1.29, 1.82) is 0 Å². The minimum Gasteiger partial charge on any atom is -0.478 e. The summed E-state index contributed by atoms with van der Waals surface area (Å²) in [5.41, 5.74) is 2.76. The van der Waals surface area contributed by atoms with Gasteiger partial charge in [0.1, 0.15) is 0 Å². The third-order valence-corrected chi connectivity index (χ3v) is 3.16. The zero-order valence-electron chi connectivity index (χ0n) is 12.3. The van der Waals surface area contributed by atoms with Crippen LogP contribution in [0.5, 0.6) is 5.75 Å². The highest BCUT2D eigenvalue weighted by atomic mass is 19.1. The van der Waals surface area contributed by atoms with Crippen molar-refractivity contribution >= 4 is 11.6 Å². The fraction of sp³-hybridized carbons (Fsp3) is 0.235. The van der Waals surface area contributed by atoms with E-state index >= 15 is 0 Å². The molecule has 3 nitrogen and oxygen atoms in total. The lowest BCUT2D eigenvalue weighted by Gasteiger charge is -2.16. The second kappa shape index (κ2) is 6.39. The summed E-state index contributed by atoms with van der Waals surface area (Å²) < 4.78 is 18.9. The number of carbonyl (C=O) groups is 1. The molecule has 0 heterocycles. The molecule has 2 aromatic rings. The van der Waals surface area contributed by atoms with Gasteiger partial charge in [-0.25, -0.2) is 4.39 Å². The molecule has 0 aliphatic rings. The lowest BCUT2D eigenvalue weighted by Crippen LogP contribution is -2.30. The zero-order valence-corrected chi connectivity index (χ0v) is 12.3. The van der Waals surface area contributed by atoms with Crippen LogP contribution in [0.15, 0.2) is 42.5 Å². The van der Waals surface area contributed by atoms with E-state index in [0.29, 0.717) is 0 Å². The van der Waals surface area contributed by atoms with Crippen LogP contribution in [0.2, 0.25) is 0 Å². The molecule has 0 fully saturated rings. The van der Waals surface area contributed by atoms with Crippen LogP contribution in [-0.4, -0.2) is 12.0 Å². The minimum absolute atomic E-state index is 0.0705. The molecule has 1 atom stereocenters. The molecule has 2 aromatic carbocycles. The molecule has 0 aliphatic carbocycles. The lowest BCUT2D eigenvalue weighted by molar-refractivity contribution is -0.122. The van der Waals surface area contributed by atoms with E-state index in [9.17, 15) is 9.18 Å². The number of benzene rings is 2. The fourth-order valence-corrected chi connectivity index (χ4v) is 1.89. The molecule has 0 aliphatic heterocycles. The Balaban J connectivity index is 2.06. The fourth-order valence-electron chi connectivity index (χ4n) is 1.89. The Morgan fingerprint density at radius 3 is 2.62 bits per heavy atom. The maximum Gasteiger partial charge on any atom is 0.265 e. The second-order valence-corrected chi connectivity index (χ2v) is 5.00. The summed E-state index contributed by atoms with van der Waals surface area (Å²) in [7, 11) is 0. The molecule has 1 unspecified atom stereocenters. The van der Waals surface area contributed by atoms with Crippen molar-refractivity contribution in [1.82, 2.24) is 0 Å². The number of anilines is 1. The number of hydrogen-bond acceptors (Lipinski definition) is 2. The molecule has 21 heavy (non-hydrogen) atoms. The smallest absolute Gasteiger partial charge is 0.265 e. The van der Waals surface area contributed by atoms with E-state index in [4.69, 9.17) is 4.74 Å². The van der Waals surface area contributed by atoms with Crippen LogP contribution in [0.3, 0.4) is 0 Å². The van der Waals surface area contributed by atoms with Crippen molar-refractivity contribution in [3.8, 4) is 5.75 Å². The highest BCUT2D eigenvalue weighted by Crippen LogP contribution is 2.19. The summed E-state index contributed by atoms with van der Waals surface area (Å²) in [6, 6.07) is 11.8. The first-order valence-corrected chi connectivity index (χ1v) is 6.76. The Kier molecular flexibility index (Phi) is 4.58. The van der Waals surface area contributed by atoms with Gasteiger partial charge in [0.25, 0.3) is 5.91 Å². The highest BCUT2D eigenvalue weighted by Gasteiger charge is 2.17. The lowest BCUT2D eigenvalue weighted by atomic mass is 10.1. The number of para-hydroxylation sites is 1. The van der Waals surface area contributed by atoms with Crippen LogP contribution in [0.4, 0.5) is 10.1 Å². The predicted molar refractivity (Wildman–Crippen MR) is 81.0 cm³/mol. The number of amides is 1. The number of halogens is 1. The largest absolute Gasteiger partial charge is 0.478 e. The van der Waals surface area contributed by atoms with Gasteiger partial charge in [0, 0.05) is 5.69 Å². The van der Waals surface area contributed by atoms with Gasteiger partial charge in [0.15, 0.2) is 17.7 Å². The number of nitrogens with one attached hydrogen (secondary N) is 1. The second-order valence-electron chi connectivity index (χ2n) is 5.00. The molecule has 1 N–H and O–H groups in total. The molecular weight excluding hydrogens is 269 g/mol. The maximum absolute atomic E-state index is 13.5. The first-order chi connectivity index (χ1) is 9.97. The minimum atomic E-state index is -0.790. The van der Waals surface area contributed by atoms with E-state index in [1.54, 1.807) is 19.1 Å². The zero-order chi connectivity index (χ0) is 15.4. The van der Waals surface area contributed by atoms with Gasteiger partial charge < -0.3 is 10.1 Å². The number of ether oxygens (including phenoxy) is 1. The molecule has 0 radical (unpaired) electrons. The average molecular weight is 287 g/mol. The van der Waals surface area contributed by atoms with Crippen molar-refractivity contribution in [2.75, 3.05) is 5.32 Å². The summed E-state index contributed by atoms with van der Waals surface area (Å²) in [5.74, 6) is -0.725. The van der Waals surface area contributed by atoms with Crippen molar-refractivity contribution < 1.29 is 13.9 Å². The Bertz CT molecular complexity index is 655. The van der Waals surface area contributed by atoms with E-state index in [-0.39, 0.29) is 11.7 Å². The van der Waals surface area contributed by atoms with Gasteiger partial charge in [-0.2, -0.15) is 0 Å². The van der Waals surface area contributed by atoms with Crippen LogP contribution in [0, 0.1) is 19.7 Å². The van der Waals surface area contributed by atoms with Crippen LogP contribution < -0.4 is 10.1 Å². The third-order valence-electron chi connectivity index (χ3n) is 3.16. The van der Waals surface area contributed by atoms with E-state index < -0.39 is 11.9 Å². The number of hydrogen-bond donors (Lipinski definition) is 1. The molecule has 0 saturated carbocycles. The standard InChI is InChI=1S/C17H18FNO2/c1-11-8-9-12(2)15(10-11)19-17(20)13(3)21-16-7-5-4-6-14(16)18/h4-10,13H,1-3H3,(H,19,20). The van der Waals surface area contributed by atoms with Gasteiger partial charge in [-0.3, -0.25) is 4.79 Å². The topological polar surface area (TPSA) is 38.3 Å². The molecule has 0 bridgehead atoms. The summed E-state index contributed by atoms with van der Waals surface area (Å²) in [6.07, 6.45) is -0.790.